The van der Waals surface area contributed by atoms with Crippen LogP contribution in [0.2, 0.25) is 0 Å². The molecule has 0 aromatic heterocycles. The molecule has 0 aliphatic heterocycles. The van der Waals surface area contributed by atoms with E-state index >= 15 is 0 Å². The second kappa shape index (κ2) is 7.33. The van der Waals surface area contributed by atoms with E-state index < -0.39 is 13.3 Å². The summed E-state index contributed by atoms with van der Waals surface area (Å²) in [7, 11) is -3.36. The summed E-state index contributed by atoms with van der Waals surface area (Å²) in [5.74, 6) is 0. The van der Waals surface area contributed by atoms with Gasteiger partial charge in [-0.05, 0) is 25.8 Å². The average molecular weight is 267 g/mol. The van der Waals surface area contributed by atoms with Crippen LogP contribution in [0.25, 0.3) is 0 Å². The molecule has 0 aliphatic carbocycles. The summed E-state index contributed by atoms with van der Waals surface area (Å²) < 4.78 is 22.9. The van der Waals surface area contributed by atoms with Crippen LogP contribution in [0.5, 0.6) is 0 Å². The Bertz CT molecular complexity index is 431. The molecule has 0 radical (unpaired) electrons. The van der Waals surface area contributed by atoms with Crippen LogP contribution in [0.15, 0.2) is 30.3 Å². The van der Waals surface area contributed by atoms with Gasteiger partial charge in [0.15, 0.2) is 5.66 Å². The van der Waals surface area contributed by atoms with Crippen molar-refractivity contribution in [1.82, 2.24) is 0 Å². The molecule has 98 valence electrons. The van der Waals surface area contributed by atoms with E-state index in [1.54, 1.807) is 13.8 Å². The third kappa shape index (κ3) is 3.96. The van der Waals surface area contributed by atoms with Crippen LogP contribution in [0.1, 0.15) is 19.4 Å². The summed E-state index contributed by atoms with van der Waals surface area (Å²) in [6.07, 6.45) is 0.370. The van der Waals surface area contributed by atoms with Crippen LogP contribution >= 0.6 is 7.60 Å². The molecule has 1 aromatic carbocycles. The van der Waals surface area contributed by atoms with E-state index in [-0.39, 0.29) is 13.2 Å². The minimum Gasteiger partial charge on any atom is -0.308 e. The molecule has 5 heteroatoms. The molecular formula is C13H18NO3P. The summed E-state index contributed by atoms with van der Waals surface area (Å²) in [6.45, 7) is 4.01. The third-order valence-corrected chi connectivity index (χ3v) is 4.72. The first-order chi connectivity index (χ1) is 8.66. The number of hydrogen-bond acceptors (Lipinski definition) is 4. The Balaban J connectivity index is 2.87. The molecule has 1 atom stereocenters. The molecule has 1 unspecified atom stereocenters. The highest BCUT2D eigenvalue weighted by atomic mass is 31.2. The zero-order valence-corrected chi connectivity index (χ0v) is 11.6. The molecule has 1 aromatic rings. The molecule has 18 heavy (non-hydrogen) atoms. The van der Waals surface area contributed by atoms with Crippen LogP contribution in [0.4, 0.5) is 0 Å². The number of rotatable bonds is 7. The van der Waals surface area contributed by atoms with Crippen molar-refractivity contribution < 1.29 is 13.6 Å². The van der Waals surface area contributed by atoms with Gasteiger partial charge in [-0.1, -0.05) is 30.3 Å². The number of nitriles is 1. The van der Waals surface area contributed by atoms with Crippen molar-refractivity contribution in [2.75, 3.05) is 13.2 Å². The Morgan fingerprint density at radius 3 is 2.22 bits per heavy atom. The molecule has 4 nitrogen and oxygen atoms in total. The van der Waals surface area contributed by atoms with E-state index in [0.29, 0.717) is 6.42 Å². The molecule has 0 aliphatic rings. The maximum absolute atomic E-state index is 12.5. The third-order valence-electron chi connectivity index (χ3n) is 2.42. The first kappa shape index (κ1) is 14.9. The Hall–Kier alpha value is -1.14. The first-order valence-corrected chi connectivity index (χ1v) is 7.59. The van der Waals surface area contributed by atoms with Crippen LogP contribution in [0.3, 0.4) is 0 Å². The topological polar surface area (TPSA) is 59.3 Å². The predicted octanol–water partition coefficient (Wildman–Crippen LogP) is 3.39. The maximum atomic E-state index is 12.5. The maximum Gasteiger partial charge on any atom is 0.348 e. The quantitative estimate of drug-likeness (QED) is 0.710. The van der Waals surface area contributed by atoms with Gasteiger partial charge in [-0.3, -0.25) is 4.57 Å². The van der Waals surface area contributed by atoms with Crippen LogP contribution in [0, 0.1) is 11.3 Å². The van der Waals surface area contributed by atoms with Crippen molar-refractivity contribution in [3.8, 4) is 6.07 Å². The Labute approximate surface area is 108 Å². The van der Waals surface area contributed by atoms with Gasteiger partial charge in [0, 0.05) is 0 Å². The van der Waals surface area contributed by atoms with Gasteiger partial charge in [-0.25, -0.2) is 0 Å². The zero-order chi connectivity index (χ0) is 13.4. The van der Waals surface area contributed by atoms with E-state index in [9.17, 15) is 9.83 Å². The van der Waals surface area contributed by atoms with Crippen molar-refractivity contribution in [1.29, 1.82) is 5.26 Å². The molecule has 0 saturated carbocycles. The molecule has 0 spiro atoms. The second-order valence-electron chi connectivity index (χ2n) is 3.71. The van der Waals surface area contributed by atoms with Crippen LogP contribution in [-0.4, -0.2) is 18.9 Å². The number of hydrogen-bond donors (Lipinski definition) is 0. The van der Waals surface area contributed by atoms with Gasteiger partial charge in [-0.15, -0.1) is 0 Å². The van der Waals surface area contributed by atoms with Gasteiger partial charge in [0.05, 0.1) is 19.3 Å². The summed E-state index contributed by atoms with van der Waals surface area (Å²) in [5, 5.41) is 9.19. The standard InChI is InChI=1S/C13H18NO3P/c1-3-16-18(15,17-4-2)13(11-14)10-12-8-6-5-7-9-12/h5-9,13H,3-4,10H2,1-2H3. The lowest BCUT2D eigenvalue weighted by Crippen LogP contribution is -2.14. The Morgan fingerprint density at radius 2 is 1.78 bits per heavy atom. The van der Waals surface area contributed by atoms with Gasteiger partial charge in [-0.2, -0.15) is 5.26 Å². The van der Waals surface area contributed by atoms with Gasteiger partial charge in [0.2, 0.25) is 0 Å². The second-order valence-corrected chi connectivity index (χ2v) is 5.93. The fourth-order valence-electron chi connectivity index (χ4n) is 1.64. The summed E-state index contributed by atoms with van der Waals surface area (Å²) in [4.78, 5) is 0. The number of nitrogens with zero attached hydrogens (tertiary/aromatic N) is 1. The monoisotopic (exact) mass is 267 g/mol. The van der Waals surface area contributed by atoms with Crippen molar-refractivity contribution >= 4 is 7.60 Å². The number of benzene rings is 1. The Morgan fingerprint density at radius 1 is 1.22 bits per heavy atom. The molecule has 0 amide bonds. The van der Waals surface area contributed by atoms with Gasteiger partial charge >= 0.3 is 7.60 Å². The van der Waals surface area contributed by atoms with E-state index in [1.165, 1.54) is 0 Å². The normalized spacial score (nSPS) is 12.9. The van der Waals surface area contributed by atoms with Crippen LogP contribution in [-0.2, 0) is 20.0 Å². The SMILES string of the molecule is CCOP(=O)(OCC)C(C#N)Cc1ccccc1. The highest BCUT2D eigenvalue weighted by molar-refractivity contribution is 7.55. The van der Waals surface area contributed by atoms with Gasteiger partial charge in [0.1, 0.15) is 0 Å². The van der Waals surface area contributed by atoms with Crippen molar-refractivity contribution in [3.05, 3.63) is 35.9 Å². The minimum atomic E-state index is -3.36. The summed E-state index contributed by atoms with van der Waals surface area (Å²) in [5.41, 5.74) is 0.184. The smallest absolute Gasteiger partial charge is 0.308 e. The highest BCUT2D eigenvalue weighted by Crippen LogP contribution is 2.53. The molecule has 1 rings (SSSR count). The minimum absolute atomic E-state index is 0.268. The van der Waals surface area contributed by atoms with Crippen molar-refractivity contribution in [2.45, 2.75) is 25.9 Å². The molecule has 0 bridgehead atoms. The summed E-state index contributed by atoms with van der Waals surface area (Å²) in [6, 6.07) is 11.5. The fraction of sp³-hybridized carbons (Fsp3) is 0.462. The van der Waals surface area contributed by atoms with Gasteiger partial charge < -0.3 is 9.05 Å². The van der Waals surface area contributed by atoms with Gasteiger partial charge in [0.25, 0.3) is 0 Å². The highest BCUT2D eigenvalue weighted by Gasteiger charge is 2.35. The lowest BCUT2D eigenvalue weighted by Gasteiger charge is -2.21. The molecule has 0 saturated heterocycles. The fourth-order valence-corrected chi connectivity index (χ4v) is 3.37. The predicted molar refractivity (Wildman–Crippen MR) is 70.4 cm³/mol. The Kier molecular flexibility index (Phi) is 6.07. The first-order valence-electron chi connectivity index (χ1n) is 5.98. The molecule has 0 fully saturated rings. The van der Waals surface area contributed by atoms with Crippen molar-refractivity contribution in [3.63, 3.8) is 0 Å². The average Bonchev–Trinajstić information content (AvgIpc) is 2.37. The zero-order valence-electron chi connectivity index (χ0n) is 10.7. The van der Waals surface area contributed by atoms with E-state index in [1.807, 2.05) is 36.4 Å². The molecule has 0 heterocycles. The molecule has 0 N–H and O–H groups in total. The van der Waals surface area contributed by atoms with Crippen LogP contribution < -0.4 is 0 Å². The van der Waals surface area contributed by atoms with E-state index in [2.05, 4.69) is 0 Å². The molecular weight excluding hydrogens is 249 g/mol. The van der Waals surface area contributed by atoms with E-state index in [4.69, 9.17) is 9.05 Å². The van der Waals surface area contributed by atoms with E-state index in [0.717, 1.165) is 5.56 Å². The lowest BCUT2D eigenvalue weighted by atomic mass is 10.1. The lowest BCUT2D eigenvalue weighted by molar-refractivity contribution is 0.216. The van der Waals surface area contributed by atoms with Crippen molar-refractivity contribution in [2.24, 2.45) is 0 Å². The largest absolute Gasteiger partial charge is 0.348 e. The summed E-state index contributed by atoms with van der Waals surface area (Å²) >= 11 is 0.